The summed E-state index contributed by atoms with van der Waals surface area (Å²) in [7, 11) is 0. The Hall–Kier alpha value is -6.83. The Morgan fingerprint density at radius 3 is 1.47 bits per heavy atom. The molecule has 282 valence electrons. The zero-order valence-electron chi connectivity index (χ0n) is 34.4. The molecule has 0 radical (unpaired) electrons. The Labute approximate surface area is 352 Å². The highest BCUT2D eigenvalue weighted by molar-refractivity contribution is 6.99. The van der Waals surface area contributed by atoms with Crippen LogP contribution in [-0.4, -0.2) is 13.4 Å². The van der Waals surface area contributed by atoms with Crippen molar-refractivity contribution in [3.63, 3.8) is 0 Å². The van der Waals surface area contributed by atoms with Gasteiger partial charge in [-0.15, -0.1) is 0 Å². The molecule has 10 aromatic carbocycles. The summed E-state index contributed by atoms with van der Waals surface area (Å²) in [5.41, 5.74) is 21.3. The SMILES string of the molecule is Cc1cccc(C)c1B1c2ccccc2Cc2c1c(-c1ccccc1)c1ccc3c4c(c(-c5ccccc5)c5ccc2c1c35)B(c1c(C)cccc1C)c1ccccc1O4. The van der Waals surface area contributed by atoms with Crippen molar-refractivity contribution in [1.82, 2.24) is 0 Å². The van der Waals surface area contributed by atoms with Crippen LogP contribution < -0.4 is 37.5 Å². The summed E-state index contributed by atoms with van der Waals surface area (Å²) >= 11 is 0. The molecule has 60 heavy (non-hydrogen) atoms. The minimum atomic E-state index is -0.00877. The molecule has 12 rings (SSSR count). The van der Waals surface area contributed by atoms with Gasteiger partial charge < -0.3 is 4.74 Å². The average molecular weight is 765 g/mol. The average Bonchev–Trinajstić information content (AvgIpc) is 3.28. The van der Waals surface area contributed by atoms with Crippen molar-refractivity contribution in [2.45, 2.75) is 34.1 Å². The molecule has 0 aromatic heterocycles. The van der Waals surface area contributed by atoms with Crippen LogP contribution in [0.15, 0.2) is 170 Å². The summed E-state index contributed by atoms with van der Waals surface area (Å²) < 4.78 is 7.30. The highest BCUT2D eigenvalue weighted by Crippen LogP contribution is 2.48. The first-order chi connectivity index (χ1) is 29.5. The van der Waals surface area contributed by atoms with E-state index in [2.05, 4.69) is 198 Å². The van der Waals surface area contributed by atoms with Gasteiger partial charge in [0.25, 0.3) is 6.71 Å². The largest absolute Gasteiger partial charge is 0.458 e. The molecule has 0 fully saturated rings. The topological polar surface area (TPSA) is 9.23 Å². The molecule has 0 saturated heterocycles. The smallest absolute Gasteiger partial charge is 0.252 e. The number of ether oxygens (including phenoxy) is 1. The van der Waals surface area contributed by atoms with E-state index >= 15 is 0 Å². The predicted octanol–water partition coefficient (Wildman–Crippen LogP) is 10.2. The lowest BCUT2D eigenvalue weighted by atomic mass is 9.31. The molecular weight excluding hydrogens is 722 g/mol. The highest BCUT2D eigenvalue weighted by Gasteiger charge is 2.41. The Bertz CT molecular complexity index is 3100. The number of para-hydroxylation sites is 1. The number of hydrogen-bond acceptors (Lipinski definition) is 1. The third-order valence-corrected chi connectivity index (χ3v) is 13.9. The zero-order chi connectivity index (χ0) is 40.2. The van der Waals surface area contributed by atoms with Crippen LogP contribution in [0.3, 0.4) is 0 Å². The second-order valence-corrected chi connectivity index (χ2v) is 17.2. The molecule has 1 nitrogen and oxygen atoms in total. The van der Waals surface area contributed by atoms with Crippen LogP contribution >= 0.6 is 0 Å². The van der Waals surface area contributed by atoms with E-state index in [1.54, 1.807) is 0 Å². The van der Waals surface area contributed by atoms with E-state index in [1.807, 2.05) is 0 Å². The van der Waals surface area contributed by atoms with Gasteiger partial charge in [-0.1, -0.05) is 202 Å². The maximum absolute atomic E-state index is 7.30. The standard InChI is InChI=1S/C57H42B2O/c1-34-17-15-18-35(2)53(34)58-46-26-12-11-25-40(46)33-45-41-29-30-43-50(39-23-9-6-10-24-39)56-57(60-48-28-14-13-27-47(48)59(56)54-36(3)19-16-20-37(54)4)44-32-31-42(51(41)52(43)44)49(55(45)58)38-21-7-5-8-22-38/h5-32H,33H2,1-4H3. The molecule has 0 N–H and O–H groups in total. The summed E-state index contributed by atoms with van der Waals surface area (Å²) in [6.07, 6.45) is 0.878. The van der Waals surface area contributed by atoms with Crippen molar-refractivity contribution < 1.29 is 4.74 Å². The van der Waals surface area contributed by atoms with E-state index < -0.39 is 0 Å². The molecule has 0 saturated carbocycles. The minimum absolute atomic E-state index is 0.00877. The molecule has 2 aliphatic rings. The minimum Gasteiger partial charge on any atom is -0.458 e. The second kappa shape index (κ2) is 13.3. The maximum atomic E-state index is 7.30. The lowest BCUT2D eigenvalue weighted by Gasteiger charge is -2.35. The fourth-order valence-corrected chi connectivity index (χ4v) is 11.5. The highest BCUT2D eigenvalue weighted by atomic mass is 16.5. The van der Waals surface area contributed by atoms with Crippen LogP contribution in [0.25, 0.3) is 54.6 Å². The van der Waals surface area contributed by atoms with Crippen LogP contribution in [0.1, 0.15) is 33.4 Å². The molecule has 3 heteroatoms. The van der Waals surface area contributed by atoms with E-state index in [0.29, 0.717) is 0 Å². The normalized spacial score (nSPS) is 13.0. The van der Waals surface area contributed by atoms with Crippen LogP contribution in [0.2, 0.25) is 0 Å². The van der Waals surface area contributed by atoms with Gasteiger partial charge in [0.2, 0.25) is 6.71 Å². The van der Waals surface area contributed by atoms with Gasteiger partial charge in [-0.2, -0.15) is 0 Å². The second-order valence-electron chi connectivity index (χ2n) is 17.2. The number of benzene rings is 10. The van der Waals surface area contributed by atoms with Crippen molar-refractivity contribution >= 4 is 78.5 Å². The Kier molecular flexibility index (Phi) is 7.82. The van der Waals surface area contributed by atoms with Gasteiger partial charge in [-0.05, 0) is 112 Å². The first-order valence-corrected chi connectivity index (χ1v) is 21.4. The lowest BCUT2D eigenvalue weighted by Crippen LogP contribution is -2.59. The fourth-order valence-electron chi connectivity index (χ4n) is 11.5. The van der Waals surface area contributed by atoms with Gasteiger partial charge in [0, 0.05) is 10.8 Å². The fraction of sp³-hybridized carbons (Fsp3) is 0.0877. The molecule has 2 heterocycles. The first-order valence-electron chi connectivity index (χ1n) is 21.4. The van der Waals surface area contributed by atoms with Crippen LogP contribution in [0.4, 0.5) is 0 Å². The van der Waals surface area contributed by atoms with Crippen molar-refractivity contribution in [1.29, 1.82) is 0 Å². The third-order valence-electron chi connectivity index (χ3n) is 13.9. The number of aryl methyl sites for hydroxylation is 4. The quantitative estimate of drug-likeness (QED) is 0.128. The van der Waals surface area contributed by atoms with Crippen LogP contribution in [0.5, 0.6) is 11.5 Å². The molecule has 0 atom stereocenters. The molecular formula is C57H42B2O. The van der Waals surface area contributed by atoms with Crippen molar-refractivity contribution in [2.24, 2.45) is 0 Å². The number of fused-ring (bicyclic) bond motifs is 6. The first kappa shape index (κ1) is 35.1. The number of hydrogen-bond donors (Lipinski definition) is 0. The molecule has 0 amide bonds. The van der Waals surface area contributed by atoms with Crippen LogP contribution in [-0.2, 0) is 6.42 Å². The summed E-state index contributed by atoms with van der Waals surface area (Å²) in [6, 6.07) is 63.4. The Morgan fingerprint density at radius 1 is 0.383 bits per heavy atom. The Morgan fingerprint density at radius 2 is 0.850 bits per heavy atom. The molecule has 0 bridgehead atoms. The van der Waals surface area contributed by atoms with Crippen molar-refractivity contribution in [3.8, 4) is 33.8 Å². The summed E-state index contributed by atoms with van der Waals surface area (Å²) in [4.78, 5) is 0. The van der Waals surface area contributed by atoms with Crippen molar-refractivity contribution in [2.75, 3.05) is 0 Å². The third kappa shape index (κ3) is 4.96. The molecule has 0 spiro atoms. The summed E-state index contributed by atoms with van der Waals surface area (Å²) in [5, 5.41) is 7.69. The van der Waals surface area contributed by atoms with E-state index in [4.69, 9.17) is 4.74 Å². The van der Waals surface area contributed by atoms with Gasteiger partial charge in [-0.25, -0.2) is 0 Å². The van der Waals surface area contributed by atoms with Crippen LogP contribution in [0, 0.1) is 27.7 Å². The van der Waals surface area contributed by atoms with E-state index in [1.165, 1.54) is 121 Å². The lowest BCUT2D eigenvalue weighted by molar-refractivity contribution is 0.493. The zero-order valence-corrected chi connectivity index (χ0v) is 34.4. The molecule has 0 unspecified atom stereocenters. The van der Waals surface area contributed by atoms with Gasteiger partial charge >= 0.3 is 0 Å². The van der Waals surface area contributed by atoms with Gasteiger partial charge in [0.05, 0.1) is 0 Å². The van der Waals surface area contributed by atoms with E-state index in [0.717, 1.165) is 17.9 Å². The summed E-state index contributed by atoms with van der Waals surface area (Å²) in [6.45, 7) is 9.21. The van der Waals surface area contributed by atoms with Gasteiger partial charge in [0.15, 0.2) is 0 Å². The van der Waals surface area contributed by atoms with Gasteiger partial charge in [-0.3, -0.25) is 0 Å². The monoisotopic (exact) mass is 764 g/mol. The Balaban J connectivity index is 1.28. The predicted molar refractivity (Wildman–Crippen MR) is 258 cm³/mol. The maximum Gasteiger partial charge on any atom is 0.252 e. The molecule has 0 aliphatic carbocycles. The molecule has 2 aliphatic heterocycles. The molecule has 10 aromatic rings. The summed E-state index contributed by atoms with van der Waals surface area (Å²) in [5.74, 6) is 1.90. The van der Waals surface area contributed by atoms with E-state index in [-0.39, 0.29) is 13.4 Å². The number of rotatable bonds is 4. The van der Waals surface area contributed by atoms with Gasteiger partial charge in [0.1, 0.15) is 11.5 Å². The van der Waals surface area contributed by atoms with Crippen molar-refractivity contribution in [3.05, 3.63) is 203 Å². The van der Waals surface area contributed by atoms with E-state index in [9.17, 15) is 0 Å².